The molecule has 4 heteroatoms. The lowest BCUT2D eigenvalue weighted by atomic mass is 9.88. The highest BCUT2D eigenvalue weighted by Gasteiger charge is 2.35. The average Bonchev–Trinajstić information content (AvgIpc) is 2.61. The van der Waals surface area contributed by atoms with Crippen LogP contribution in [0.25, 0.3) is 0 Å². The normalized spacial score (nSPS) is 18.8. The van der Waals surface area contributed by atoms with Crippen molar-refractivity contribution in [2.45, 2.75) is 65.2 Å². The van der Waals surface area contributed by atoms with E-state index >= 15 is 0 Å². The Morgan fingerprint density at radius 2 is 1.85 bits per heavy atom. The number of carbonyl (C=O) groups is 1. The van der Waals surface area contributed by atoms with Gasteiger partial charge in [0, 0.05) is 12.0 Å². The van der Waals surface area contributed by atoms with Crippen LogP contribution in [0.4, 0.5) is 0 Å². The van der Waals surface area contributed by atoms with Crippen LogP contribution in [-0.4, -0.2) is 17.6 Å². The topological polar surface area (TPSA) is 47.6 Å². The van der Waals surface area contributed by atoms with Gasteiger partial charge in [-0.05, 0) is 52.3 Å². The standard InChI is InChI=1S/C23H29NO3/c1-6-20(26-17-10-7-15(2)8-11-17)22(25)24-19-14-23(4,5)27-21-12-9-16(3)13-18(19)21/h7-13,19-20H,6,14H2,1-5H3,(H,24,25)/t19-,20+/m1/s1. The van der Waals surface area contributed by atoms with E-state index in [4.69, 9.17) is 9.47 Å². The Morgan fingerprint density at radius 1 is 1.19 bits per heavy atom. The fourth-order valence-electron chi connectivity index (χ4n) is 3.47. The number of hydrogen-bond acceptors (Lipinski definition) is 3. The van der Waals surface area contributed by atoms with Crippen LogP contribution in [0.5, 0.6) is 11.5 Å². The van der Waals surface area contributed by atoms with Crippen molar-refractivity contribution in [3.05, 3.63) is 59.2 Å². The van der Waals surface area contributed by atoms with Crippen LogP contribution in [0.1, 0.15) is 56.3 Å². The van der Waals surface area contributed by atoms with Gasteiger partial charge in [-0.3, -0.25) is 4.79 Å². The van der Waals surface area contributed by atoms with Crippen LogP contribution in [0, 0.1) is 13.8 Å². The number of rotatable bonds is 5. The summed E-state index contributed by atoms with van der Waals surface area (Å²) in [5.41, 5.74) is 3.02. The first-order chi connectivity index (χ1) is 12.8. The number of benzene rings is 2. The lowest BCUT2D eigenvalue weighted by molar-refractivity contribution is -0.129. The highest BCUT2D eigenvalue weighted by molar-refractivity contribution is 5.81. The Morgan fingerprint density at radius 3 is 2.52 bits per heavy atom. The Labute approximate surface area is 161 Å². The summed E-state index contributed by atoms with van der Waals surface area (Å²) in [6.07, 6.45) is 0.801. The van der Waals surface area contributed by atoms with Crippen molar-refractivity contribution in [1.29, 1.82) is 0 Å². The van der Waals surface area contributed by atoms with Gasteiger partial charge in [-0.15, -0.1) is 0 Å². The van der Waals surface area contributed by atoms with E-state index in [1.807, 2.05) is 57.2 Å². The Balaban J connectivity index is 1.77. The van der Waals surface area contributed by atoms with E-state index < -0.39 is 6.10 Å². The summed E-state index contributed by atoms with van der Waals surface area (Å²) in [5.74, 6) is 1.47. The first kappa shape index (κ1) is 19.3. The second-order valence-electron chi connectivity index (χ2n) is 8.00. The van der Waals surface area contributed by atoms with E-state index in [-0.39, 0.29) is 17.6 Å². The molecule has 1 aliphatic heterocycles. The molecule has 1 aliphatic rings. The van der Waals surface area contributed by atoms with Crippen LogP contribution in [0.15, 0.2) is 42.5 Å². The van der Waals surface area contributed by atoms with Crippen molar-refractivity contribution in [2.24, 2.45) is 0 Å². The highest BCUT2D eigenvalue weighted by atomic mass is 16.5. The van der Waals surface area contributed by atoms with Gasteiger partial charge < -0.3 is 14.8 Å². The third kappa shape index (κ3) is 4.62. The highest BCUT2D eigenvalue weighted by Crippen LogP contribution is 2.40. The molecule has 2 atom stereocenters. The van der Waals surface area contributed by atoms with Crippen LogP contribution in [0.3, 0.4) is 0 Å². The third-order valence-corrected chi connectivity index (χ3v) is 4.90. The zero-order valence-electron chi connectivity index (χ0n) is 16.8. The number of carbonyl (C=O) groups excluding carboxylic acids is 1. The predicted molar refractivity (Wildman–Crippen MR) is 107 cm³/mol. The van der Waals surface area contributed by atoms with Crippen molar-refractivity contribution in [3.8, 4) is 11.5 Å². The van der Waals surface area contributed by atoms with Gasteiger partial charge in [0.05, 0.1) is 6.04 Å². The maximum Gasteiger partial charge on any atom is 0.261 e. The van der Waals surface area contributed by atoms with Gasteiger partial charge in [-0.1, -0.05) is 42.3 Å². The first-order valence-corrected chi connectivity index (χ1v) is 9.60. The summed E-state index contributed by atoms with van der Waals surface area (Å²) in [6, 6.07) is 13.8. The minimum Gasteiger partial charge on any atom is -0.487 e. The molecule has 0 saturated heterocycles. The van der Waals surface area contributed by atoms with E-state index in [0.29, 0.717) is 12.2 Å². The number of ether oxygens (including phenoxy) is 2. The van der Waals surface area contributed by atoms with Crippen LogP contribution < -0.4 is 14.8 Å². The predicted octanol–water partition coefficient (Wildman–Crippen LogP) is 4.88. The maximum absolute atomic E-state index is 12.9. The summed E-state index contributed by atoms with van der Waals surface area (Å²) in [4.78, 5) is 12.9. The largest absolute Gasteiger partial charge is 0.487 e. The van der Waals surface area contributed by atoms with Crippen LogP contribution in [0.2, 0.25) is 0 Å². The van der Waals surface area contributed by atoms with Crippen molar-refractivity contribution in [2.75, 3.05) is 0 Å². The van der Waals surface area contributed by atoms with Crippen molar-refractivity contribution < 1.29 is 14.3 Å². The molecule has 0 aromatic heterocycles. The molecule has 0 radical (unpaired) electrons. The van der Waals surface area contributed by atoms with Gasteiger partial charge in [-0.25, -0.2) is 0 Å². The summed E-state index contributed by atoms with van der Waals surface area (Å²) in [5, 5.41) is 3.20. The lowest BCUT2D eigenvalue weighted by Crippen LogP contribution is -2.45. The molecule has 27 heavy (non-hydrogen) atoms. The molecular weight excluding hydrogens is 338 g/mol. The van der Waals surface area contributed by atoms with E-state index in [0.717, 1.165) is 28.9 Å². The molecule has 0 saturated carbocycles. The molecule has 4 nitrogen and oxygen atoms in total. The van der Waals surface area contributed by atoms with E-state index in [2.05, 4.69) is 25.2 Å². The van der Waals surface area contributed by atoms with Crippen molar-refractivity contribution >= 4 is 5.91 Å². The lowest BCUT2D eigenvalue weighted by Gasteiger charge is -2.38. The maximum atomic E-state index is 12.9. The number of nitrogens with one attached hydrogen (secondary N) is 1. The summed E-state index contributed by atoms with van der Waals surface area (Å²) in [6.45, 7) is 10.1. The molecule has 2 aromatic carbocycles. The van der Waals surface area contributed by atoms with Gasteiger partial charge in [0.15, 0.2) is 6.10 Å². The zero-order chi connectivity index (χ0) is 19.6. The van der Waals surface area contributed by atoms with Gasteiger partial charge in [0.2, 0.25) is 0 Å². The molecule has 0 unspecified atom stereocenters. The molecular formula is C23H29NO3. The fraction of sp³-hybridized carbons (Fsp3) is 0.435. The molecule has 3 rings (SSSR count). The summed E-state index contributed by atoms with van der Waals surface area (Å²) in [7, 11) is 0. The Bertz CT molecular complexity index is 811. The third-order valence-electron chi connectivity index (χ3n) is 4.90. The Kier molecular flexibility index (Phi) is 5.45. The van der Waals surface area contributed by atoms with Crippen LogP contribution >= 0.6 is 0 Å². The number of hydrogen-bond donors (Lipinski definition) is 1. The molecule has 0 spiro atoms. The van der Waals surface area contributed by atoms with Crippen LogP contribution in [-0.2, 0) is 4.79 Å². The minimum atomic E-state index is -0.521. The second-order valence-corrected chi connectivity index (χ2v) is 8.00. The number of amides is 1. The molecule has 144 valence electrons. The molecule has 1 N–H and O–H groups in total. The van der Waals surface area contributed by atoms with E-state index in [1.165, 1.54) is 0 Å². The Hall–Kier alpha value is -2.49. The number of fused-ring (bicyclic) bond motifs is 1. The first-order valence-electron chi connectivity index (χ1n) is 9.60. The van der Waals surface area contributed by atoms with Gasteiger partial charge in [0.1, 0.15) is 17.1 Å². The SMILES string of the molecule is CC[C@H](Oc1ccc(C)cc1)C(=O)N[C@@H]1CC(C)(C)Oc2ccc(C)cc21. The number of aryl methyl sites for hydroxylation is 2. The molecule has 1 heterocycles. The average molecular weight is 367 g/mol. The zero-order valence-corrected chi connectivity index (χ0v) is 16.8. The molecule has 1 amide bonds. The monoisotopic (exact) mass is 367 g/mol. The minimum absolute atomic E-state index is 0.0896. The van der Waals surface area contributed by atoms with Gasteiger partial charge in [0.25, 0.3) is 5.91 Å². The van der Waals surface area contributed by atoms with Crippen molar-refractivity contribution in [3.63, 3.8) is 0 Å². The van der Waals surface area contributed by atoms with Crippen molar-refractivity contribution in [1.82, 2.24) is 5.32 Å². The molecule has 0 bridgehead atoms. The molecule has 2 aromatic rings. The van der Waals surface area contributed by atoms with E-state index in [9.17, 15) is 4.79 Å². The summed E-state index contributed by atoms with van der Waals surface area (Å²) < 4.78 is 12.0. The molecule has 0 aliphatic carbocycles. The smallest absolute Gasteiger partial charge is 0.261 e. The van der Waals surface area contributed by atoms with Gasteiger partial charge >= 0.3 is 0 Å². The van der Waals surface area contributed by atoms with Gasteiger partial charge in [-0.2, -0.15) is 0 Å². The molecule has 0 fully saturated rings. The summed E-state index contributed by atoms with van der Waals surface area (Å²) >= 11 is 0. The second kappa shape index (κ2) is 7.63. The quantitative estimate of drug-likeness (QED) is 0.819. The van der Waals surface area contributed by atoms with E-state index in [1.54, 1.807) is 0 Å². The fourth-order valence-corrected chi connectivity index (χ4v) is 3.47.